The Labute approximate surface area is 103 Å². The SMILES string of the molecule is CCn1c(S[C@@H](C)C#N)nnc1-c1ccco1. The molecule has 0 aliphatic rings. The summed E-state index contributed by atoms with van der Waals surface area (Å²) in [5.74, 6) is 1.39. The lowest BCUT2D eigenvalue weighted by molar-refractivity contribution is 0.567. The van der Waals surface area contributed by atoms with Gasteiger partial charge in [-0.2, -0.15) is 5.26 Å². The van der Waals surface area contributed by atoms with E-state index in [1.807, 2.05) is 30.5 Å². The van der Waals surface area contributed by atoms with Crippen LogP contribution >= 0.6 is 11.8 Å². The van der Waals surface area contributed by atoms with Crippen molar-refractivity contribution < 1.29 is 4.42 Å². The van der Waals surface area contributed by atoms with Gasteiger partial charge in [-0.3, -0.25) is 4.57 Å². The summed E-state index contributed by atoms with van der Waals surface area (Å²) in [5.41, 5.74) is 0. The van der Waals surface area contributed by atoms with Crippen LogP contribution in [0.5, 0.6) is 0 Å². The molecule has 0 aliphatic heterocycles. The van der Waals surface area contributed by atoms with Gasteiger partial charge >= 0.3 is 0 Å². The number of furan rings is 1. The molecule has 5 nitrogen and oxygen atoms in total. The van der Waals surface area contributed by atoms with Gasteiger partial charge in [-0.1, -0.05) is 11.8 Å². The van der Waals surface area contributed by atoms with Crippen molar-refractivity contribution in [2.24, 2.45) is 0 Å². The Bertz CT molecular complexity index is 526. The number of hydrogen-bond donors (Lipinski definition) is 0. The second-order valence-corrected chi connectivity index (χ2v) is 4.72. The zero-order valence-corrected chi connectivity index (χ0v) is 10.4. The molecule has 0 fully saturated rings. The smallest absolute Gasteiger partial charge is 0.200 e. The molecule has 0 aliphatic carbocycles. The summed E-state index contributed by atoms with van der Waals surface area (Å²) in [4.78, 5) is 0. The molecule has 1 atom stereocenters. The first-order chi connectivity index (χ1) is 8.26. The van der Waals surface area contributed by atoms with Gasteiger partial charge in [0, 0.05) is 6.54 Å². The topological polar surface area (TPSA) is 67.6 Å². The molecule has 2 heterocycles. The van der Waals surface area contributed by atoms with Crippen molar-refractivity contribution in [2.75, 3.05) is 0 Å². The summed E-state index contributed by atoms with van der Waals surface area (Å²) < 4.78 is 7.25. The van der Waals surface area contributed by atoms with Crippen LogP contribution < -0.4 is 0 Å². The molecule has 0 N–H and O–H groups in total. The minimum atomic E-state index is -0.144. The van der Waals surface area contributed by atoms with Crippen LogP contribution in [0.2, 0.25) is 0 Å². The first kappa shape index (κ1) is 11.7. The maximum atomic E-state index is 8.80. The Morgan fingerprint density at radius 3 is 3.00 bits per heavy atom. The van der Waals surface area contributed by atoms with Crippen molar-refractivity contribution in [2.45, 2.75) is 30.8 Å². The standard InChI is InChI=1S/C11H12N4OS/c1-3-15-10(9-5-4-6-16-9)13-14-11(15)17-8(2)7-12/h4-6,8H,3H2,1-2H3/t8-/m0/s1. The molecule has 6 heteroatoms. The molecule has 2 aromatic rings. The van der Waals surface area contributed by atoms with Crippen molar-refractivity contribution in [1.29, 1.82) is 5.26 Å². The predicted molar refractivity (Wildman–Crippen MR) is 64.3 cm³/mol. The number of rotatable bonds is 4. The van der Waals surface area contributed by atoms with Crippen molar-refractivity contribution >= 4 is 11.8 Å². The Morgan fingerprint density at radius 1 is 1.59 bits per heavy atom. The van der Waals surface area contributed by atoms with Crippen LogP contribution in [0.3, 0.4) is 0 Å². The third kappa shape index (κ3) is 2.34. The van der Waals surface area contributed by atoms with Gasteiger partial charge in [0.1, 0.15) is 0 Å². The molecular formula is C11H12N4OS. The molecule has 0 bridgehead atoms. The van der Waals surface area contributed by atoms with E-state index in [9.17, 15) is 0 Å². The summed E-state index contributed by atoms with van der Waals surface area (Å²) in [5, 5.41) is 17.6. The van der Waals surface area contributed by atoms with Gasteiger partial charge in [0.2, 0.25) is 0 Å². The van der Waals surface area contributed by atoms with Gasteiger partial charge in [0.05, 0.1) is 17.6 Å². The highest BCUT2D eigenvalue weighted by Gasteiger charge is 2.16. The molecule has 17 heavy (non-hydrogen) atoms. The minimum absolute atomic E-state index is 0.144. The lowest BCUT2D eigenvalue weighted by Gasteiger charge is -2.05. The van der Waals surface area contributed by atoms with Crippen LogP contribution in [0.15, 0.2) is 28.0 Å². The fraction of sp³-hybridized carbons (Fsp3) is 0.364. The first-order valence-electron chi connectivity index (χ1n) is 5.29. The number of thioether (sulfide) groups is 1. The third-order valence-electron chi connectivity index (χ3n) is 2.24. The van der Waals surface area contributed by atoms with Gasteiger partial charge in [0.25, 0.3) is 0 Å². The van der Waals surface area contributed by atoms with Crippen LogP contribution in [-0.2, 0) is 6.54 Å². The van der Waals surface area contributed by atoms with Crippen molar-refractivity contribution in [3.63, 3.8) is 0 Å². The van der Waals surface area contributed by atoms with Gasteiger partial charge in [-0.15, -0.1) is 10.2 Å². The average Bonchev–Trinajstić information content (AvgIpc) is 2.96. The Balaban J connectivity index is 2.34. The summed E-state index contributed by atoms with van der Waals surface area (Å²) >= 11 is 1.40. The van der Waals surface area contributed by atoms with E-state index in [4.69, 9.17) is 9.68 Å². The van der Waals surface area contributed by atoms with E-state index in [0.29, 0.717) is 11.6 Å². The average molecular weight is 248 g/mol. The van der Waals surface area contributed by atoms with Gasteiger partial charge in [0.15, 0.2) is 16.7 Å². The molecule has 0 unspecified atom stereocenters. The first-order valence-corrected chi connectivity index (χ1v) is 6.17. The van der Waals surface area contributed by atoms with E-state index in [1.54, 1.807) is 6.26 Å². The summed E-state index contributed by atoms with van der Waals surface area (Å²) in [6.45, 7) is 4.59. The molecule has 0 saturated carbocycles. The Kier molecular flexibility index (Phi) is 3.49. The predicted octanol–water partition coefficient (Wildman–Crippen LogP) is 2.56. The second-order valence-electron chi connectivity index (χ2n) is 3.42. The second kappa shape index (κ2) is 5.06. The van der Waals surface area contributed by atoms with Crippen LogP contribution in [-0.4, -0.2) is 20.0 Å². The molecule has 0 amide bonds. The molecule has 0 aromatic carbocycles. The van der Waals surface area contributed by atoms with Gasteiger partial charge in [-0.05, 0) is 26.0 Å². The van der Waals surface area contributed by atoms with E-state index in [0.717, 1.165) is 11.7 Å². The van der Waals surface area contributed by atoms with Crippen LogP contribution in [0.1, 0.15) is 13.8 Å². The number of nitrogens with zero attached hydrogens (tertiary/aromatic N) is 4. The molecular weight excluding hydrogens is 236 g/mol. The van der Waals surface area contributed by atoms with Gasteiger partial charge in [-0.25, -0.2) is 0 Å². The summed E-state index contributed by atoms with van der Waals surface area (Å²) in [6, 6.07) is 5.83. The Morgan fingerprint density at radius 2 is 2.41 bits per heavy atom. The van der Waals surface area contributed by atoms with E-state index in [-0.39, 0.29) is 5.25 Å². The molecule has 0 spiro atoms. The number of nitriles is 1. The molecule has 0 saturated heterocycles. The third-order valence-corrected chi connectivity index (χ3v) is 3.21. The summed E-state index contributed by atoms with van der Waals surface area (Å²) in [7, 11) is 0. The van der Waals surface area contributed by atoms with E-state index >= 15 is 0 Å². The van der Waals surface area contributed by atoms with E-state index in [1.165, 1.54) is 11.8 Å². The fourth-order valence-corrected chi connectivity index (χ4v) is 2.23. The molecule has 0 radical (unpaired) electrons. The van der Waals surface area contributed by atoms with Crippen molar-refractivity contribution in [1.82, 2.24) is 14.8 Å². The highest BCUT2D eigenvalue weighted by molar-refractivity contribution is 8.00. The fourth-order valence-electron chi connectivity index (χ4n) is 1.43. The van der Waals surface area contributed by atoms with E-state index in [2.05, 4.69) is 16.3 Å². The van der Waals surface area contributed by atoms with Gasteiger partial charge < -0.3 is 4.42 Å². The van der Waals surface area contributed by atoms with E-state index < -0.39 is 0 Å². The maximum Gasteiger partial charge on any atom is 0.200 e. The molecule has 88 valence electrons. The van der Waals surface area contributed by atoms with Crippen LogP contribution in [0.4, 0.5) is 0 Å². The molecule has 2 rings (SSSR count). The lowest BCUT2D eigenvalue weighted by atomic mass is 10.4. The quantitative estimate of drug-likeness (QED) is 0.778. The highest BCUT2D eigenvalue weighted by atomic mass is 32.2. The Hall–Kier alpha value is -1.74. The lowest BCUT2D eigenvalue weighted by Crippen LogP contribution is -2.01. The highest BCUT2D eigenvalue weighted by Crippen LogP contribution is 2.26. The zero-order valence-electron chi connectivity index (χ0n) is 9.62. The van der Waals surface area contributed by atoms with Crippen LogP contribution in [0, 0.1) is 11.3 Å². The summed E-state index contributed by atoms with van der Waals surface area (Å²) in [6.07, 6.45) is 1.61. The number of aromatic nitrogens is 3. The largest absolute Gasteiger partial charge is 0.461 e. The maximum absolute atomic E-state index is 8.80. The zero-order chi connectivity index (χ0) is 12.3. The van der Waals surface area contributed by atoms with Crippen molar-refractivity contribution in [3.05, 3.63) is 18.4 Å². The normalized spacial score (nSPS) is 12.3. The van der Waals surface area contributed by atoms with Crippen molar-refractivity contribution in [3.8, 4) is 17.7 Å². The molecule has 2 aromatic heterocycles. The number of hydrogen-bond acceptors (Lipinski definition) is 5. The van der Waals surface area contributed by atoms with Crippen LogP contribution in [0.25, 0.3) is 11.6 Å². The monoisotopic (exact) mass is 248 g/mol. The minimum Gasteiger partial charge on any atom is -0.461 e.